The highest BCUT2D eigenvalue weighted by Gasteiger charge is 2.56. The number of amides is 1. The normalized spacial score (nSPS) is 23.1. The third-order valence-electron chi connectivity index (χ3n) is 6.27. The Bertz CT molecular complexity index is 1030. The van der Waals surface area contributed by atoms with Crippen LogP contribution >= 0.6 is 0 Å². The molecule has 2 heterocycles. The second kappa shape index (κ2) is 6.63. The summed E-state index contributed by atoms with van der Waals surface area (Å²) in [4.78, 5) is 19.3. The highest BCUT2D eigenvalue weighted by molar-refractivity contribution is 5.97. The standard InChI is InChI=1S/C22H23N3O3/c1-28-21-5-3-2-4-15(21)9-25-13-23-19-8-14(6-7-20(19)25)22(27)24-10-16-17(11-24)18(16)12-26/h2-8,13,16-18,26H,9-12H2,1H3/t16-,17+,18?. The van der Waals surface area contributed by atoms with Crippen LogP contribution in [-0.4, -0.2) is 52.3 Å². The maximum Gasteiger partial charge on any atom is 0.253 e. The number of rotatable bonds is 5. The number of aromatic nitrogens is 2. The van der Waals surface area contributed by atoms with Crippen molar-refractivity contribution in [3.8, 4) is 5.75 Å². The number of hydrogen-bond acceptors (Lipinski definition) is 4. The number of aliphatic hydroxyl groups excluding tert-OH is 1. The first-order chi connectivity index (χ1) is 13.7. The summed E-state index contributed by atoms with van der Waals surface area (Å²) in [7, 11) is 1.67. The zero-order chi connectivity index (χ0) is 19.3. The van der Waals surface area contributed by atoms with Crippen molar-refractivity contribution >= 4 is 16.9 Å². The van der Waals surface area contributed by atoms with Crippen molar-refractivity contribution in [1.29, 1.82) is 0 Å². The zero-order valence-corrected chi connectivity index (χ0v) is 15.8. The van der Waals surface area contributed by atoms with Crippen molar-refractivity contribution in [2.45, 2.75) is 6.54 Å². The van der Waals surface area contributed by atoms with Gasteiger partial charge in [0.2, 0.25) is 0 Å². The molecule has 28 heavy (non-hydrogen) atoms. The molecule has 6 heteroatoms. The van der Waals surface area contributed by atoms with Gasteiger partial charge in [0.1, 0.15) is 5.75 Å². The lowest BCUT2D eigenvalue weighted by Crippen LogP contribution is -2.31. The molecule has 144 valence electrons. The van der Waals surface area contributed by atoms with Crippen molar-refractivity contribution in [2.24, 2.45) is 17.8 Å². The number of benzene rings is 2. The molecule has 3 atom stereocenters. The van der Waals surface area contributed by atoms with E-state index in [2.05, 4.69) is 9.55 Å². The Morgan fingerprint density at radius 2 is 2.00 bits per heavy atom. The van der Waals surface area contributed by atoms with Crippen molar-refractivity contribution < 1.29 is 14.6 Å². The van der Waals surface area contributed by atoms with Gasteiger partial charge in [-0.25, -0.2) is 4.98 Å². The fourth-order valence-corrected chi connectivity index (χ4v) is 4.61. The fourth-order valence-electron chi connectivity index (χ4n) is 4.61. The summed E-state index contributed by atoms with van der Waals surface area (Å²) >= 11 is 0. The molecule has 1 N–H and O–H groups in total. The SMILES string of the molecule is COc1ccccc1Cn1cnc2cc(C(=O)N3C[C@@H]4C(CO)[C@@H]4C3)ccc21. The van der Waals surface area contributed by atoms with Gasteiger partial charge < -0.3 is 19.3 Å². The van der Waals surface area contributed by atoms with E-state index in [-0.39, 0.29) is 12.5 Å². The lowest BCUT2D eigenvalue weighted by Gasteiger charge is -2.19. The number of carbonyl (C=O) groups is 1. The summed E-state index contributed by atoms with van der Waals surface area (Å²) in [6.45, 7) is 2.42. The summed E-state index contributed by atoms with van der Waals surface area (Å²) in [5, 5.41) is 9.29. The number of aliphatic hydroxyl groups is 1. The van der Waals surface area contributed by atoms with Crippen molar-refractivity contribution in [1.82, 2.24) is 14.5 Å². The second-order valence-electron chi connectivity index (χ2n) is 7.77. The van der Waals surface area contributed by atoms with Crippen LogP contribution in [-0.2, 0) is 6.54 Å². The molecular formula is C22H23N3O3. The molecule has 2 fully saturated rings. The lowest BCUT2D eigenvalue weighted by molar-refractivity contribution is 0.0760. The van der Waals surface area contributed by atoms with E-state index in [0.29, 0.717) is 29.9 Å². The molecule has 0 radical (unpaired) electrons. The van der Waals surface area contributed by atoms with Crippen LogP contribution in [0.4, 0.5) is 0 Å². The molecule has 1 unspecified atom stereocenters. The van der Waals surface area contributed by atoms with E-state index < -0.39 is 0 Å². The van der Waals surface area contributed by atoms with Crippen LogP contribution in [0.5, 0.6) is 5.75 Å². The summed E-state index contributed by atoms with van der Waals surface area (Å²) in [5.74, 6) is 2.28. The van der Waals surface area contributed by atoms with Crippen LogP contribution in [0.25, 0.3) is 11.0 Å². The first-order valence-corrected chi connectivity index (χ1v) is 9.66. The van der Waals surface area contributed by atoms with E-state index in [9.17, 15) is 9.90 Å². The van der Waals surface area contributed by atoms with Gasteiger partial charge in [-0.15, -0.1) is 0 Å². The summed E-state index contributed by atoms with van der Waals surface area (Å²) in [6, 6.07) is 13.7. The maximum atomic E-state index is 12.8. The molecule has 1 aromatic heterocycles. The molecule has 2 aromatic carbocycles. The Hall–Kier alpha value is -2.86. The Morgan fingerprint density at radius 3 is 2.75 bits per heavy atom. The van der Waals surface area contributed by atoms with Crippen LogP contribution < -0.4 is 4.74 Å². The third-order valence-corrected chi connectivity index (χ3v) is 6.27. The predicted molar refractivity (Wildman–Crippen MR) is 105 cm³/mol. The molecule has 2 aliphatic rings. The van der Waals surface area contributed by atoms with Gasteiger partial charge in [-0.1, -0.05) is 18.2 Å². The second-order valence-corrected chi connectivity index (χ2v) is 7.77. The number of likely N-dealkylation sites (tertiary alicyclic amines) is 1. The van der Waals surface area contributed by atoms with E-state index in [1.807, 2.05) is 53.7 Å². The van der Waals surface area contributed by atoms with Gasteiger partial charge in [-0.3, -0.25) is 4.79 Å². The van der Waals surface area contributed by atoms with Gasteiger partial charge in [0.05, 0.1) is 31.0 Å². The van der Waals surface area contributed by atoms with E-state index in [1.165, 1.54) is 0 Å². The molecule has 6 nitrogen and oxygen atoms in total. The Balaban J connectivity index is 1.36. The van der Waals surface area contributed by atoms with Crippen molar-refractivity contribution in [3.63, 3.8) is 0 Å². The Kier molecular flexibility index (Phi) is 4.09. The van der Waals surface area contributed by atoms with Crippen molar-refractivity contribution in [2.75, 3.05) is 26.8 Å². The number of para-hydroxylation sites is 1. The number of piperidine rings is 1. The minimum Gasteiger partial charge on any atom is -0.496 e. The molecule has 1 saturated carbocycles. The van der Waals surface area contributed by atoms with Gasteiger partial charge >= 0.3 is 0 Å². The molecular weight excluding hydrogens is 354 g/mol. The van der Waals surface area contributed by atoms with E-state index >= 15 is 0 Å². The Labute approximate surface area is 163 Å². The van der Waals surface area contributed by atoms with Gasteiger partial charge in [-0.2, -0.15) is 0 Å². The van der Waals surface area contributed by atoms with Crippen LogP contribution in [0.3, 0.4) is 0 Å². The van der Waals surface area contributed by atoms with Crippen molar-refractivity contribution in [3.05, 3.63) is 59.9 Å². The first-order valence-electron chi connectivity index (χ1n) is 9.66. The monoisotopic (exact) mass is 377 g/mol. The zero-order valence-electron chi connectivity index (χ0n) is 15.8. The minimum atomic E-state index is 0.0602. The quantitative estimate of drug-likeness (QED) is 0.741. The topological polar surface area (TPSA) is 67.6 Å². The number of nitrogens with zero attached hydrogens (tertiary/aromatic N) is 3. The average Bonchev–Trinajstić information content (AvgIpc) is 3.05. The molecule has 0 bridgehead atoms. The summed E-state index contributed by atoms with van der Waals surface area (Å²) in [5.41, 5.74) is 3.57. The average molecular weight is 377 g/mol. The fraction of sp³-hybridized carbons (Fsp3) is 0.364. The molecule has 0 spiro atoms. The largest absolute Gasteiger partial charge is 0.496 e. The number of hydrogen-bond donors (Lipinski definition) is 1. The van der Waals surface area contributed by atoms with E-state index in [4.69, 9.17) is 4.74 Å². The maximum absolute atomic E-state index is 12.8. The Morgan fingerprint density at radius 1 is 1.21 bits per heavy atom. The minimum absolute atomic E-state index is 0.0602. The molecule has 1 amide bonds. The molecule has 3 aromatic rings. The lowest BCUT2D eigenvalue weighted by atomic mass is 10.1. The van der Waals surface area contributed by atoms with Gasteiger partial charge in [0, 0.05) is 30.8 Å². The molecule has 5 rings (SSSR count). The van der Waals surface area contributed by atoms with E-state index in [0.717, 1.165) is 35.4 Å². The van der Waals surface area contributed by atoms with Gasteiger partial charge in [0.15, 0.2) is 0 Å². The summed E-state index contributed by atoms with van der Waals surface area (Å²) < 4.78 is 7.51. The van der Waals surface area contributed by atoms with Crippen LogP contribution in [0.2, 0.25) is 0 Å². The van der Waals surface area contributed by atoms with Gasteiger partial charge in [0.25, 0.3) is 5.91 Å². The highest BCUT2D eigenvalue weighted by atomic mass is 16.5. The predicted octanol–water partition coefficient (Wildman–Crippen LogP) is 2.40. The molecule has 1 aliphatic carbocycles. The number of carbonyl (C=O) groups excluding carboxylic acids is 1. The number of ether oxygens (including phenoxy) is 1. The molecule has 1 aliphatic heterocycles. The summed E-state index contributed by atoms with van der Waals surface area (Å²) in [6.07, 6.45) is 1.81. The first kappa shape index (κ1) is 17.3. The molecule has 1 saturated heterocycles. The third kappa shape index (κ3) is 2.76. The smallest absolute Gasteiger partial charge is 0.253 e. The number of fused-ring (bicyclic) bond motifs is 2. The van der Waals surface area contributed by atoms with Crippen LogP contribution in [0.1, 0.15) is 15.9 Å². The van der Waals surface area contributed by atoms with Crippen LogP contribution in [0, 0.1) is 17.8 Å². The number of imidazole rings is 1. The number of methoxy groups -OCH3 is 1. The van der Waals surface area contributed by atoms with Crippen LogP contribution in [0.15, 0.2) is 48.8 Å². The van der Waals surface area contributed by atoms with E-state index in [1.54, 1.807) is 7.11 Å². The highest BCUT2D eigenvalue weighted by Crippen LogP contribution is 2.51. The van der Waals surface area contributed by atoms with Gasteiger partial charge in [-0.05, 0) is 42.0 Å².